The van der Waals surface area contributed by atoms with Crippen LogP contribution in [0.3, 0.4) is 0 Å². The lowest BCUT2D eigenvalue weighted by Crippen LogP contribution is -1.85. The van der Waals surface area contributed by atoms with Crippen LogP contribution in [0.5, 0.6) is 0 Å². The lowest BCUT2D eigenvalue weighted by Gasteiger charge is -2.05. The van der Waals surface area contributed by atoms with Crippen molar-refractivity contribution < 1.29 is 0 Å². The third-order valence-corrected chi connectivity index (χ3v) is 2.08. The highest BCUT2D eigenvalue weighted by atomic mass is 14.2. The Morgan fingerprint density at radius 2 is 1.00 bits per heavy atom. The van der Waals surface area contributed by atoms with E-state index >= 15 is 0 Å². The smallest absolute Gasteiger partial charge is 0.0622 e. The van der Waals surface area contributed by atoms with Gasteiger partial charge in [0.2, 0.25) is 0 Å². The number of unbranched alkanes of at least 4 members (excludes halogenated alkanes) is 2. The Labute approximate surface area is 81.2 Å². The van der Waals surface area contributed by atoms with Crippen LogP contribution in [-0.4, -0.2) is 0 Å². The summed E-state index contributed by atoms with van der Waals surface area (Å²) in [5.74, 6) is 0. The van der Waals surface area contributed by atoms with Crippen molar-refractivity contribution >= 4 is 0 Å². The second kappa shape index (κ2) is 11.0. The van der Waals surface area contributed by atoms with Gasteiger partial charge in [-0.05, 0) is 6.42 Å². The molecule has 0 saturated heterocycles. The molecule has 0 heterocycles. The van der Waals surface area contributed by atoms with E-state index in [9.17, 15) is 0 Å². The monoisotopic (exact) mass is 178 g/mol. The van der Waals surface area contributed by atoms with Crippen LogP contribution in [0.4, 0.5) is 0 Å². The minimum atomic E-state index is 0.508. The summed E-state index contributed by atoms with van der Waals surface area (Å²) >= 11 is 0. The molecule has 0 N–H and O–H groups in total. The fraction of sp³-hybridized carbons (Fsp3) is 0.818. The third-order valence-electron chi connectivity index (χ3n) is 2.08. The highest BCUT2D eigenvalue weighted by Crippen LogP contribution is 2.15. The van der Waals surface area contributed by atoms with Crippen LogP contribution in [0.2, 0.25) is 0 Å². The zero-order chi connectivity index (χ0) is 9.78. The Kier molecular flexibility index (Phi) is 10.1. The summed E-state index contributed by atoms with van der Waals surface area (Å²) in [5, 5.41) is 15.9. The lowest BCUT2D eigenvalue weighted by molar-refractivity contribution is 0.504. The van der Waals surface area contributed by atoms with Crippen molar-refractivity contribution in [1.29, 1.82) is 10.5 Å². The molecule has 0 aliphatic heterocycles. The Morgan fingerprint density at radius 3 is 1.23 bits per heavy atom. The van der Waals surface area contributed by atoms with Crippen LogP contribution in [0.15, 0.2) is 0 Å². The Morgan fingerprint density at radius 1 is 0.692 bits per heavy atom. The van der Waals surface area contributed by atoms with E-state index in [2.05, 4.69) is 0 Å². The van der Waals surface area contributed by atoms with Crippen molar-refractivity contribution in [2.45, 2.75) is 57.8 Å². The minimum absolute atomic E-state index is 0.508. The molecule has 1 saturated carbocycles. The van der Waals surface area contributed by atoms with Gasteiger partial charge in [0.1, 0.15) is 0 Å². The largest absolute Gasteiger partial charge is 0.198 e. The Bertz CT molecular complexity index is 144. The summed E-state index contributed by atoms with van der Waals surface area (Å²) < 4.78 is 0. The van der Waals surface area contributed by atoms with E-state index in [1.165, 1.54) is 38.5 Å². The molecular formula is C11H18N2. The van der Waals surface area contributed by atoms with Crippen LogP contribution >= 0.6 is 0 Å². The van der Waals surface area contributed by atoms with Gasteiger partial charge in [0, 0.05) is 12.8 Å². The van der Waals surface area contributed by atoms with E-state index in [1.807, 2.05) is 12.1 Å². The molecule has 0 unspecified atom stereocenters. The summed E-state index contributed by atoms with van der Waals surface area (Å²) in [4.78, 5) is 0. The average molecular weight is 178 g/mol. The molecule has 1 aliphatic rings. The third kappa shape index (κ3) is 11.0. The number of hydrogen-bond acceptors (Lipinski definition) is 2. The first-order chi connectivity index (χ1) is 6.41. The van der Waals surface area contributed by atoms with Crippen LogP contribution < -0.4 is 0 Å². The summed E-state index contributed by atoms with van der Waals surface area (Å²) in [6.07, 6.45) is 10.7. The van der Waals surface area contributed by atoms with Gasteiger partial charge < -0.3 is 0 Å². The second-order valence-electron chi connectivity index (χ2n) is 3.29. The highest BCUT2D eigenvalue weighted by molar-refractivity contribution is 4.75. The van der Waals surface area contributed by atoms with Crippen molar-refractivity contribution in [3.8, 4) is 12.1 Å². The molecule has 13 heavy (non-hydrogen) atoms. The van der Waals surface area contributed by atoms with Gasteiger partial charge >= 0.3 is 0 Å². The van der Waals surface area contributed by atoms with E-state index in [0.717, 1.165) is 0 Å². The lowest BCUT2D eigenvalue weighted by atomic mass is 10.0. The molecule has 0 aromatic heterocycles. The summed E-state index contributed by atoms with van der Waals surface area (Å²) in [6.45, 7) is 0. The average Bonchev–Trinajstić information content (AvgIpc) is 2.22. The zero-order valence-electron chi connectivity index (χ0n) is 8.26. The molecule has 1 rings (SSSR count). The summed E-state index contributed by atoms with van der Waals surface area (Å²) in [5.41, 5.74) is 0. The molecule has 0 aromatic rings. The minimum Gasteiger partial charge on any atom is -0.198 e. The fourth-order valence-electron chi connectivity index (χ4n) is 1.31. The predicted octanol–water partition coefficient (Wildman–Crippen LogP) is 3.54. The van der Waals surface area contributed by atoms with E-state index < -0.39 is 0 Å². The van der Waals surface area contributed by atoms with Gasteiger partial charge in [-0.3, -0.25) is 0 Å². The van der Waals surface area contributed by atoms with E-state index in [-0.39, 0.29) is 0 Å². The second-order valence-corrected chi connectivity index (χ2v) is 3.29. The maximum atomic E-state index is 7.93. The van der Waals surface area contributed by atoms with Crippen molar-refractivity contribution in [2.24, 2.45) is 0 Å². The molecule has 0 amide bonds. The number of nitriles is 2. The molecule has 0 bridgehead atoms. The fourth-order valence-corrected chi connectivity index (χ4v) is 1.31. The number of hydrogen-bond donors (Lipinski definition) is 0. The molecule has 0 atom stereocenters. The first kappa shape index (κ1) is 12.0. The topological polar surface area (TPSA) is 47.6 Å². The maximum absolute atomic E-state index is 7.93. The van der Waals surface area contributed by atoms with Crippen molar-refractivity contribution in [1.82, 2.24) is 0 Å². The molecule has 2 nitrogen and oxygen atoms in total. The van der Waals surface area contributed by atoms with Gasteiger partial charge in [-0.15, -0.1) is 0 Å². The van der Waals surface area contributed by atoms with Gasteiger partial charge in [-0.25, -0.2) is 0 Å². The van der Waals surface area contributed by atoms with Crippen molar-refractivity contribution in [3.05, 3.63) is 0 Å². The van der Waals surface area contributed by atoms with Crippen LogP contribution in [0, 0.1) is 22.7 Å². The van der Waals surface area contributed by atoms with E-state index in [0.29, 0.717) is 19.3 Å². The van der Waals surface area contributed by atoms with Gasteiger partial charge in [-0.1, -0.05) is 38.5 Å². The maximum Gasteiger partial charge on any atom is 0.0622 e. The standard InChI is InChI=1S/C6H12.C5H6N2/c1-2-4-6-5-3-1;6-4-2-1-3-5-7/h1-6H2;1-3H2. The van der Waals surface area contributed by atoms with Crippen LogP contribution in [0.1, 0.15) is 57.8 Å². The van der Waals surface area contributed by atoms with E-state index in [1.54, 1.807) is 0 Å². The first-order valence-electron chi connectivity index (χ1n) is 5.15. The van der Waals surface area contributed by atoms with Crippen molar-refractivity contribution in [3.63, 3.8) is 0 Å². The van der Waals surface area contributed by atoms with Gasteiger partial charge in [0.05, 0.1) is 12.1 Å². The normalized spacial score (nSPS) is 14.6. The molecular weight excluding hydrogens is 160 g/mol. The SMILES string of the molecule is C1CCCCC1.N#CCCCC#N. The first-order valence-corrected chi connectivity index (χ1v) is 5.15. The molecule has 0 radical (unpaired) electrons. The van der Waals surface area contributed by atoms with Gasteiger partial charge in [-0.2, -0.15) is 10.5 Å². The van der Waals surface area contributed by atoms with E-state index in [4.69, 9.17) is 10.5 Å². The van der Waals surface area contributed by atoms with Gasteiger partial charge in [0.15, 0.2) is 0 Å². The Hall–Kier alpha value is -1.02. The molecule has 1 fully saturated rings. The number of nitrogens with zero attached hydrogens (tertiary/aromatic N) is 2. The Balaban J connectivity index is 0.000000223. The molecule has 1 aliphatic carbocycles. The molecule has 0 aromatic carbocycles. The molecule has 0 spiro atoms. The zero-order valence-corrected chi connectivity index (χ0v) is 8.26. The predicted molar refractivity (Wildman–Crippen MR) is 52.8 cm³/mol. The highest BCUT2D eigenvalue weighted by Gasteiger charge is 1.95. The van der Waals surface area contributed by atoms with Crippen molar-refractivity contribution in [2.75, 3.05) is 0 Å². The van der Waals surface area contributed by atoms with Crippen LogP contribution in [0.25, 0.3) is 0 Å². The number of rotatable bonds is 2. The molecule has 2 heteroatoms. The quantitative estimate of drug-likeness (QED) is 0.607. The molecule has 72 valence electrons. The summed E-state index contributed by atoms with van der Waals surface area (Å²) in [7, 11) is 0. The van der Waals surface area contributed by atoms with Crippen LogP contribution in [-0.2, 0) is 0 Å². The van der Waals surface area contributed by atoms with Gasteiger partial charge in [0.25, 0.3) is 0 Å². The summed E-state index contributed by atoms with van der Waals surface area (Å²) in [6, 6.07) is 3.90.